The van der Waals surface area contributed by atoms with Crippen molar-refractivity contribution in [2.45, 2.75) is 18.9 Å². The summed E-state index contributed by atoms with van der Waals surface area (Å²) in [6.45, 7) is 0. The van der Waals surface area contributed by atoms with E-state index in [-0.39, 0.29) is 6.10 Å². The van der Waals surface area contributed by atoms with Crippen LogP contribution in [0.4, 0.5) is 0 Å². The first kappa shape index (κ1) is 7.74. The molecule has 1 aliphatic rings. The van der Waals surface area contributed by atoms with Gasteiger partial charge in [-0.15, -0.1) is 0 Å². The van der Waals surface area contributed by atoms with Crippen molar-refractivity contribution in [2.75, 3.05) is 7.11 Å². The molecule has 1 atom stereocenters. The van der Waals surface area contributed by atoms with E-state index in [1.807, 2.05) is 12.3 Å². The van der Waals surface area contributed by atoms with Crippen LogP contribution in [0.5, 0.6) is 0 Å². The third kappa shape index (κ3) is 1.48. The third-order valence-corrected chi connectivity index (χ3v) is 2.32. The van der Waals surface area contributed by atoms with Crippen LogP contribution in [0.2, 0.25) is 0 Å². The van der Waals surface area contributed by atoms with Gasteiger partial charge in [-0.3, -0.25) is 4.98 Å². The van der Waals surface area contributed by atoms with Crippen LogP contribution < -0.4 is 0 Å². The summed E-state index contributed by atoms with van der Waals surface area (Å²) in [5.74, 6) is 0.735. The first-order chi connectivity index (χ1) is 5.92. The van der Waals surface area contributed by atoms with E-state index in [0.717, 1.165) is 5.92 Å². The van der Waals surface area contributed by atoms with Crippen molar-refractivity contribution in [1.29, 1.82) is 0 Å². The number of hydrogen-bond donors (Lipinski definition) is 0. The van der Waals surface area contributed by atoms with Crippen molar-refractivity contribution in [3.8, 4) is 0 Å². The Kier molecular flexibility index (Phi) is 2.09. The molecule has 1 heterocycles. The first-order valence-electron chi connectivity index (χ1n) is 4.34. The van der Waals surface area contributed by atoms with E-state index < -0.39 is 0 Å². The molecule has 1 aromatic rings. The van der Waals surface area contributed by atoms with Gasteiger partial charge in [0.25, 0.3) is 0 Å². The molecule has 2 nitrogen and oxygen atoms in total. The summed E-state index contributed by atoms with van der Waals surface area (Å²) in [5.41, 5.74) is 1.21. The highest BCUT2D eigenvalue weighted by atomic mass is 16.5. The molecule has 1 unspecified atom stereocenters. The predicted molar refractivity (Wildman–Crippen MR) is 46.7 cm³/mol. The van der Waals surface area contributed by atoms with Crippen LogP contribution in [-0.2, 0) is 4.74 Å². The Morgan fingerprint density at radius 1 is 1.58 bits per heavy atom. The van der Waals surface area contributed by atoms with Crippen molar-refractivity contribution in [3.63, 3.8) is 0 Å². The molecule has 2 rings (SSSR count). The molecule has 1 aromatic heterocycles. The molecule has 0 radical (unpaired) electrons. The van der Waals surface area contributed by atoms with Crippen LogP contribution in [-0.4, -0.2) is 12.1 Å². The van der Waals surface area contributed by atoms with E-state index in [2.05, 4.69) is 11.1 Å². The van der Waals surface area contributed by atoms with Gasteiger partial charge in [-0.25, -0.2) is 0 Å². The van der Waals surface area contributed by atoms with Gasteiger partial charge in [0.05, 0.1) is 6.10 Å². The molecule has 0 amide bonds. The van der Waals surface area contributed by atoms with E-state index in [4.69, 9.17) is 4.74 Å². The molecule has 1 fully saturated rings. The van der Waals surface area contributed by atoms with Gasteiger partial charge >= 0.3 is 0 Å². The average Bonchev–Trinajstić information content (AvgIpc) is 2.92. The molecule has 1 aliphatic carbocycles. The summed E-state index contributed by atoms with van der Waals surface area (Å²) in [7, 11) is 1.77. The summed E-state index contributed by atoms with van der Waals surface area (Å²) < 4.78 is 5.42. The SMILES string of the molecule is COC(c1cccnc1)C1CC1. The fraction of sp³-hybridized carbons (Fsp3) is 0.500. The summed E-state index contributed by atoms with van der Waals surface area (Å²) in [5, 5.41) is 0. The number of ether oxygens (including phenoxy) is 1. The normalized spacial score (nSPS) is 19.1. The minimum atomic E-state index is 0.277. The fourth-order valence-corrected chi connectivity index (χ4v) is 1.54. The summed E-state index contributed by atoms with van der Waals surface area (Å²) in [6, 6.07) is 4.04. The molecule has 0 aliphatic heterocycles. The van der Waals surface area contributed by atoms with Gasteiger partial charge in [0.2, 0.25) is 0 Å². The van der Waals surface area contributed by atoms with E-state index >= 15 is 0 Å². The van der Waals surface area contributed by atoms with Gasteiger partial charge in [-0.2, -0.15) is 0 Å². The van der Waals surface area contributed by atoms with Crippen molar-refractivity contribution >= 4 is 0 Å². The lowest BCUT2D eigenvalue weighted by Crippen LogP contribution is -2.03. The van der Waals surface area contributed by atoms with Gasteiger partial charge in [0.15, 0.2) is 0 Å². The zero-order chi connectivity index (χ0) is 8.39. The smallest absolute Gasteiger partial charge is 0.0864 e. The number of rotatable bonds is 3. The molecule has 1 saturated carbocycles. The molecule has 64 valence electrons. The Bertz CT molecular complexity index is 243. The molecule has 0 N–H and O–H groups in total. The van der Waals surface area contributed by atoms with Crippen molar-refractivity contribution in [3.05, 3.63) is 30.1 Å². The van der Waals surface area contributed by atoms with E-state index in [9.17, 15) is 0 Å². The van der Waals surface area contributed by atoms with Crippen molar-refractivity contribution in [2.24, 2.45) is 5.92 Å². The van der Waals surface area contributed by atoms with Crippen LogP contribution in [0.25, 0.3) is 0 Å². The highest BCUT2D eigenvalue weighted by molar-refractivity contribution is 5.14. The van der Waals surface area contributed by atoms with E-state index in [0.29, 0.717) is 0 Å². The van der Waals surface area contributed by atoms with Crippen molar-refractivity contribution in [1.82, 2.24) is 4.98 Å². The van der Waals surface area contributed by atoms with Gasteiger partial charge < -0.3 is 4.74 Å². The average molecular weight is 163 g/mol. The van der Waals surface area contributed by atoms with E-state index in [1.54, 1.807) is 13.3 Å². The first-order valence-corrected chi connectivity index (χ1v) is 4.34. The Morgan fingerprint density at radius 3 is 2.92 bits per heavy atom. The predicted octanol–water partition coefficient (Wildman–Crippen LogP) is 2.18. The maximum Gasteiger partial charge on any atom is 0.0864 e. The quantitative estimate of drug-likeness (QED) is 0.681. The monoisotopic (exact) mass is 163 g/mol. The molecule has 12 heavy (non-hydrogen) atoms. The van der Waals surface area contributed by atoms with Crippen LogP contribution >= 0.6 is 0 Å². The second-order valence-electron chi connectivity index (χ2n) is 3.28. The van der Waals surface area contributed by atoms with Crippen LogP contribution in [0.1, 0.15) is 24.5 Å². The maximum absolute atomic E-state index is 5.42. The number of methoxy groups -OCH3 is 1. The largest absolute Gasteiger partial charge is 0.376 e. The molecule has 0 aromatic carbocycles. The number of aromatic nitrogens is 1. The Hall–Kier alpha value is -0.890. The van der Waals surface area contributed by atoms with Crippen LogP contribution in [0.15, 0.2) is 24.5 Å². The Morgan fingerprint density at radius 2 is 2.42 bits per heavy atom. The van der Waals surface area contributed by atoms with E-state index in [1.165, 1.54) is 18.4 Å². The highest BCUT2D eigenvalue weighted by Gasteiger charge is 2.32. The fourth-order valence-electron chi connectivity index (χ4n) is 1.54. The Balaban J connectivity index is 2.15. The highest BCUT2D eigenvalue weighted by Crippen LogP contribution is 2.42. The number of pyridine rings is 1. The summed E-state index contributed by atoms with van der Waals surface area (Å²) >= 11 is 0. The van der Waals surface area contributed by atoms with Gasteiger partial charge in [0.1, 0.15) is 0 Å². The third-order valence-electron chi connectivity index (χ3n) is 2.32. The lowest BCUT2D eigenvalue weighted by Gasteiger charge is -2.13. The van der Waals surface area contributed by atoms with Crippen LogP contribution in [0, 0.1) is 5.92 Å². The van der Waals surface area contributed by atoms with Crippen LogP contribution in [0.3, 0.4) is 0 Å². The standard InChI is InChI=1S/C10H13NO/c1-12-10(8-4-5-8)9-3-2-6-11-7-9/h2-3,6-8,10H,4-5H2,1H3. The number of hydrogen-bond acceptors (Lipinski definition) is 2. The molecule has 0 spiro atoms. The number of nitrogens with zero attached hydrogens (tertiary/aromatic N) is 1. The van der Waals surface area contributed by atoms with Gasteiger partial charge in [-0.1, -0.05) is 6.07 Å². The minimum Gasteiger partial charge on any atom is -0.376 e. The molecule has 0 saturated heterocycles. The lowest BCUT2D eigenvalue weighted by atomic mass is 10.1. The van der Waals surface area contributed by atoms with Gasteiger partial charge in [0, 0.05) is 19.5 Å². The van der Waals surface area contributed by atoms with Crippen molar-refractivity contribution < 1.29 is 4.74 Å². The second-order valence-corrected chi connectivity index (χ2v) is 3.28. The molecular weight excluding hydrogens is 150 g/mol. The topological polar surface area (TPSA) is 22.1 Å². The minimum absolute atomic E-state index is 0.277. The summed E-state index contributed by atoms with van der Waals surface area (Å²) in [4.78, 5) is 4.08. The Labute approximate surface area is 72.6 Å². The summed E-state index contributed by atoms with van der Waals surface area (Å²) in [6.07, 6.45) is 6.56. The van der Waals surface area contributed by atoms with Gasteiger partial charge in [-0.05, 0) is 30.4 Å². The maximum atomic E-state index is 5.42. The molecular formula is C10H13NO. The zero-order valence-electron chi connectivity index (χ0n) is 7.23. The molecule has 2 heteroatoms. The second kappa shape index (κ2) is 3.23. The molecule has 0 bridgehead atoms. The zero-order valence-corrected chi connectivity index (χ0v) is 7.23. The lowest BCUT2D eigenvalue weighted by molar-refractivity contribution is 0.0843.